The Bertz CT molecular complexity index is 7660. The van der Waals surface area contributed by atoms with Crippen LogP contribution in [-0.2, 0) is 0 Å². The highest BCUT2D eigenvalue weighted by molar-refractivity contribution is 6.21. The third-order valence-electron chi connectivity index (χ3n) is 24.1. The highest BCUT2D eigenvalue weighted by Crippen LogP contribution is 2.46. The molecule has 0 aromatic heterocycles. The van der Waals surface area contributed by atoms with Crippen LogP contribution in [0.3, 0.4) is 0 Å². The molecule has 578 valence electrons. The number of anilines is 9. The van der Waals surface area contributed by atoms with Crippen LogP contribution in [0.1, 0.15) is 0 Å². The number of hydrogen-bond donors (Lipinski definition) is 0. The van der Waals surface area contributed by atoms with Crippen LogP contribution in [0.2, 0.25) is 0 Å². The predicted octanol–water partition coefficient (Wildman–Crippen LogP) is 34.2. The lowest BCUT2D eigenvalue weighted by molar-refractivity contribution is 1.29. The van der Waals surface area contributed by atoms with E-state index in [1.54, 1.807) is 0 Å². The second kappa shape index (κ2) is 33.3. The number of hydrogen-bond acceptors (Lipinski definition) is 3. The molecule has 0 radical (unpaired) electrons. The van der Waals surface area contributed by atoms with Gasteiger partial charge in [-0.1, -0.05) is 394 Å². The van der Waals surface area contributed by atoms with Crippen molar-refractivity contribution in [1.29, 1.82) is 0 Å². The molecule has 3 nitrogen and oxygen atoms in total. The zero-order valence-corrected chi connectivity index (χ0v) is 67.8. The summed E-state index contributed by atoms with van der Waals surface area (Å²) in [5.74, 6) is 0. The van der Waals surface area contributed by atoms with Crippen LogP contribution in [0.4, 0.5) is 51.2 Å². The smallest absolute Gasteiger partial charge is 0.0468 e. The molecule has 23 rings (SSSR count). The molecule has 0 aliphatic heterocycles. The molecule has 0 fully saturated rings. The summed E-state index contributed by atoms with van der Waals surface area (Å²) >= 11 is 0. The normalized spacial score (nSPS) is 11.3. The van der Waals surface area contributed by atoms with Crippen LogP contribution in [0.5, 0.6) is 0 Å². The standard InChI is InChI=1S/2C42H29N.C36H25N/c1-3-10-30(11-4-1)32-18-23-36(24-19-32)43(37-16-9-15-35(28-37)31-12-5-2-6-13-31)38-25-20-34-22-26-40-39-17-8-7-14-33(39)21-27-41(40)42(34)29-38;1-3-9-30(10-4-1)32-15-22-36(23-16-32)43(37-24-17-33(18-25-37)31-11-5-2-6-12-31)38-26-19-35-21-27-40-39-14-8-7-13-34(39)20-28-41(40)42(35)29-38;1-3-9-26(10-4-1)27-15-20-31(21-16-27)37(30-12-5-2-6-13-30)32-22-17-29-19-23-34-33-14-8-7-11-28(33)18-24-35(34)36(29)25-32/h2*1-29H;1-25H. The van der Waals surface area contributed by atoms with Crippen molar-refractivity contribution in [2.45, 2.75) is 0 Å². The molecule has 23 aromatic carbocycles. The average molecular weight is 1570 g/mol. The Labute approximate surface area is 717 Å². The monoisotopic (exact) mass is 1570 g/mol. The van der Waals surface area contributed by atoms with Gasteiger partial charge >= 0.3 is 0 Å². The minimum atomic E-state index is 1.12. The van der Waals surface area contributed by atoms with Crippen LogP contribution in [0.15, 0.2) is 504 Å². The maximum Gasteiger partial charge on any atom is 0.0468 e. The van der Waals surface area contributed by atoms with Gasteiger partial charge in [0.25, 0.3) is 0 Å². The van der Waals surface area contributed by atoms with Crippen molar-refractivity contribution in [3.8, 4) is 55.6 Å². The van der Waals surface area contributed by atoms with Gasteiger partial charge in [0.05, 0.1) is 0 Å². The van der Waals surface area contributed by atoms with E-state index in [1.165, 1.54) is 153 Å². The Morgan fingerprint density at radius 3 is 0.561 bits per heavy atom. The molecule has 0 atom stereocenters. The first kappa shape index (κ1) is 74.4. The van der Waals surface area contributed by atoms with E-state index in [1.807, 2.05) is 0 Å². The number of fused-ring (bicyclic) bond motifs is 15. The number of nitrogens with zero attached hydrogens (tertiary/aromatic N) is 3. The minimum Gasteiger partial charge on any atom is -0.310 e. The molecule has 3 heteroatoms. The summed E-state index contributed by atoms with van der Waals surface area (Å²) < 4.78 is 0. The van der Waals surface area contributed by atoms with Crippen molar-refractivity contribution in [2.75, 3.05) is 14.7 Å². The van der Waals surface area contributed by atoms with Crippen molar-refractivity contribution in [1.82, 2.24) is 0 Å². The molecular weight excluding hydrogens is 1480 g/mol. The van der Waals surface area contributed by atoms with E-state index in [9.17, 15) is 0 Å². The Balaban J connectivity index is 0.000000114. The van der Waals surface area contributed by atoms with Crippen LogP contribution in [0.25, 0.3) is 153 Å². The molecule has 0 unspecified atom stereocenters. The van der Waals surface area contributed by atoms with Crippen molar-refractivity contribution in [2.24, 2.45) is 0 Å². The largest absolute Gasteiger partial charge is 0.310 e. The van der Waals surface area contributed by atoms with Crippen molar-refractivity contribution in [3.05, 3.63) is 504 Å². The van der Waals surface area contributed by atoms with E-state index in [0.29, 0.717) is 0 Å². The molecule has 123 heavy (non-hydrogen) atoms. The lowest BCUT2D eigenvalue weighted by atomic mass is 9.96. The highest BCUT2D eigenvalue weighted by Gasteiger charge is 2.21. The lowest BCUT2D eigenvalue weighted by Gasteiger charge is -2.27. The Hall–Kier alpha value is -16.2. The van der Waals surface area contributed by atoms with Crippen LogP contribution < -0.4 is 14.7 Å². The maximum absolute atomic E-state index is 2.38. The number of para-hydroxylation sites is 1. The van der Waals surface area contributed by atoms with Crippen LogP contribution in [0, 0.1) is 0 Å². The van der Waals surface area contributed by atoms with Crippen molar-refractivity contribution in [3.63, 3.8) is 0 Å². The summed E-state index contributed by atoms with van der Waals surface area (Å²) in [5.41, 5.74) is 22.3. The fraction of sp³-hybridized carbons (Fsp3) is 0. The first-order valence-corrected chi connectivity index (χ1v) is 42.2. The molecule has 0 bridgehead atoms. The van der Waals surface area contributed by atoms with Crippen LogP contribution in [-0.4, -0.2) is 0 Å². The van der Waals surface area contributed by atoms with Gasteiger partial charge in [0.2, 0.25) is 0 Å². The molecule has 0 heterocycles. The zero-order valence-electron chi connectivity index (χ0n) is 67.8. The topological polar surface area (TPSA) is 9.72 Å². The molecular formula is C120H83N3. The molecule has 0 N–H and O–H groups in total. The van der Waals surface area contributed by atoms with Gasteiger partial charge in [0, 0.05) is 51.2 Å². The SMILES string of the molecule is c1ccc(-c2ccc(N(c3ccc(-c4ccccc4)cc3)c3ccc4ccc5c6ccccc6ccc5c4c3)cc2)cc1.c1ccc(-c2ccc(N(c3cccc(-c4ccccc4)c3)c3ccc4ccc5c6ccccc6ccc5c4c3)cc2)cc1.c1ccc(-c2ccc(N(c3ccccc3)c3ccc4ccc5c6ccccc6ccc5c4c3)cc2)cc1. The Kier molecular flexibility index (Phi) is 20.1. The van der Waals surface area contributed by atoms with E-state index in [0.717, 1.165) is 51.2 Å². The minimum absolute atomic E-state index is 1.12. The molecule has 0 aliphatic rings. The molecule has 0 aliphatic carbocycles. The quantitative estimate of drug-likeness (QED) is 0.100. The second-order valence-electron chi connectivity index (χ2n) is 31.5. The van der Waals surface area contributed by atoms with Gasteiger partial charge in [-0.25, -0.2) is 0 Å². The number of rotatable bonds is 14. The van der Waals surface area contributed by atoms with Gasteiger partial charge in [0.1, 0.15) is 0 Å². The fourth-order valence-electron chi connectivity index (χ4n) is 17.9. The number of benzene rings is 23. The zero-order chi connectivity index (χ0) is 81.8. The third-order valence-corrected chi connectivity index (χ3v) is 24.1. The van der Waals surface area contributed by atoms with E-state index in [-0.39, 0.29) is 0 Å². The molecule has 0 spiro atoms. The molecule has 23 aromatic rings. The van der Waals surface area contributed by atoms with E-state index >= 15 is 0 Å². The first-order chi connectivity index (χ1) is 61.0. The Morgan fingerprint density at radius 1 is 0.0894 bits per heavy atom. The van der Waals surface area contributed by atoms with Gasteiger partial charge < -0.3 is 14.7 Å². The summed E-state index contributed by atoms with van der Waals surface area (Å²) in [6.45, 7) is 0. The summed E-state index contributed by atoms with van der Waals surface area (Å²) in [7, 11) is 0. The molecule has 0 saturated heterocycles. The fourth-order valence-corrected chi connectivity index (χ4v) is 17.9. The van der Waals surface area contributed by atoms with Gasteiger partial charge in [-0.2, -0.15) is 0 Å². The highest BCUT2D eigenvalue weighted by atomic mass is 15.2. The lowest BCUT2D eigenvalue weighted by Crippen LogP contribution is -2.10. The third kappa shape index (κ3) is 15.0. The van der Waals surface area contributed by atoms with Gasteiger partial charge in [-0.15, -0.1) is 0 Å². The maximum atomic E-state index is 2.38. The predicted molar refractivity (Wildman–Crippen MR) is 528 cm³/mol. The van der Waals surface area contributed by atoms with Gasteiger partial charge in [-0.05, 0) is 262 Å². The Morgan fingerprint density at radius 2 is 0.268 bits per heavy atom. The second-order valence-corrected chi connectivity index (χ2v) is 31.5. The summed E-state index contributed by atoms with van der Waals surface area (Å²) in [4.78, 5) is 7.08. The summed E-state index contributed by atoms with van der Waals surface area (Å²) in [6.07, 6.45) is 0. The van der Waals surface area contributed by atoms with Crippen LogP contribution >= 0.6 is 0 Å². The van der Waals surface area contributed by atoms with Gasteiger partial charge in [-0.3, -0.25) is 0 Å². The molecule has 0 saturated carbocycles. The molecule has 0 amide bonds. The summed E-state index contributed by atoms with van der Waals surface area (Å²) in [6, 6.07) is 181. The van der Waals surface area contributed by atoms with E-state index < -0.39 is 0 Å². The van der Waals surface area contributed by atoms with E-state index in [2.05, 4.69) is 518 Å². The van der Waals surface area contributed by atoms with E-state index in [4.69, 9.17) is 0 Å². The van der Waals surface area contributed by atoms with Crippen molar-refractivity contribution < 1.29 is 0 Å². The van der Waals surface area contributed by atoms with Gasteiger partial charge in [0.15, 0.2) is 0 Å². The summed E-state index contributed by atoms with van der Waals surface area (Å²) in [5, 5.41) is 22.9. The first-order valence-electron chi connectivity index (χ1n) is 42.2. The average Bonchev–Trinajstić information content (AvgIpc) is 0.760. The van der Waals surface area contributed by atoms with Crippen molar-refractivity contribution >= 4 is 148 Å².